The van der Waals surface area contributed by atoms with Crippen LogP contribution in [-0.4, -0.2) is 57.7 Å². The molecule has 1 N–H and O–H groups in total. The highest BCUT2D eigenvalue weighted by Crippen LogP contribution is 2.23. The van der Waals surface area contributed by atoms with Crippen LogP contribution in [-0.2, 0) is 10.0 Å². The Morgan fingerprint density at radius 2 is 1.85 bits per heavy atom. The molecule has 1 aromatic rings. The maximum absolute atomic E-state index is 12.6. The Bertz CT molecular complexity index is 698. The van der Waals surface area contributed by atoms with E-state index in [-0.39, 0.29) is 24.2 Å². The van der Waals surface area contributed by atoms with Gasteiger partial charge in [0.2, 0.25) is 10.0 Å². The maximum Gasteiger partial charge on any atom is 0.251 e. The summed E-state index contributed by atoms with van der Waals surface area (Å²) in [6, 6.07) is 4.92. The molecule has 1 aliphatic rings. The molecule has 8 heteroatoms. The van der Waals surface area contributed by atoms with Crippen molar-refractivity contribution in [2.24, 2.45) is 0 Å². The van der Waals surface area contributed by atoms with Crippen molar-refractivity contribution in [2.75, 3.05) is 33.1 Å². The summed E-state index contributed by atoms with van der Waals surface area (Å²) >= 11 is 0. The monoisotopic (exact) mass is 384 g/mol. The van der Waals surface area contributed by atoms with E-state index in [9.17, 15) is 13.2 Å². The minimum Gasteiger partial charge on any atom is -0.497 e. The fourth-order valence-corrected chi connectivity index (χ4v) is 4.91. The summed E-state index contributed by atoms with van der Waals surface area (Å²) in [5.41, 5.74) is 0.364. The second-order valence-electron chi connectivity index (χ2n) is 6.34. The zero-order valence-electron chi connectivity index (χ0n) is 15.7. The van der Waals surface area contributed by atoms with Gasteiger partial charge in [0.1, 0.15) is 11.5 Å². The van der Waals surface area contributed by atoms with Crippen LogP contribution in [0.25, 0.3) is 0 Å². The number of carbonyl (C=O) groups is 1. The Balaban J connectivity index is 1.97. The number of nitrogens with zero attached hydrogens (tertiary/aromatic N) is 1. The van der Waals surface area contributed by atoms with Crippen molar-refractivity contribution in [3.63, 3.8) is 0 Å². The van der Waals surface area contributed by atoms with Crippen molar-refractivity contribution in [1.82, 2.24) is 9.62 Å². The Morgan fingerprint density at radius 3 is 2.42 bits per heavy atom. The average molecular weight is 384 g/mol. The molecule has 1 fully saturated rings. The van der Waals surface area contributed by atoms with Crippen LogP contribution in [0.5, 0.6) is 11.5 Å². The fraction of sp³-hybridized carbons (Fsp3) is 0.611. The summed E-state index contributed by atoms with van der Waals surface area (Å²) in [5, 5.41) is 2.67. The highest BCUT2D eigenvalue weighted by molar-refractivity contribution is 7.89. The SMILES string of the molecule is CC[C@@H]1CCCCN1S(=O)(=O)CCNC(=O)c1cc(OC)cc(OC)c1. The van der Waals surface area contributed by atoms with Gasteiger partial charge in [0.15, 0.2) is 0 Å². The molecular weight excluding hydrogens is 356 g/mol. The molecule has 2 rings (SSSR count). The minimum atomic E-state index is -3.38. The van der Waals surface area contributed by atoms with Gasteiger partial charge < -0.3 is 14.8 Å². The zero-order valence-corrected chi connectivity index (χ0v) is 16.5. The van der Waals surface area contributed by atoms with E-state index in [1.165, 1.54) is 14.2 Å². The lowest BCUT2D eigenvalue weighted by Gasteiger charge is -2.34. The van der Waals surface area contributed by atoms with Gasteiger partial charge in [0, 0.05) is 30.8 Å². The number of benzene rings is 1. The van der Waals surface area contributed by atoms with Crippen LogP contribution in [0.1, 0.15) is 43.0 Å². The van der Waals surface area contributed by atoms with Crippen LogP contribution >= 0.6 is 0 Å². The Morgan fingerprint density at radius 1 is 1.19 bits per heavy atom. The first-order chi connectivity index (χ1) is 12.4. The van der Waals surface area contributed by atoms with Gasteiger partial charge in [-0.05, 0) is 31.4 Å². The van der Waals surface area contributed by atoms with E-state index in [2.05, 4.69) is 5.32 Å². The summed E-state index contributed by atoms with van der Waals surface area (Å²) in [6.07, 6.45) is 3.69. The molecule has 0 aromatic heterocycles. The van der Waals surface area contributed by atoms with Gasteiger partial charge in [-0.3, -0.25) is 4.79 Å². The number of amides is 1. The summed E-state index contributed by atoms with van der Waals surface area (Å²) in [7, 11) is -0.367. The molecule has 1 atom stereocenters. The lowest BCUT2D eigenvalue weighted by Crippen LogP contribution is -2.46. The standard InChI is InChI=1S/C18H28N2O5S/c1-4-15-7-5-6-9-20(15)26(22,23)10-8-19-18(21)14-11-16(24-2)13-17(12-14)25-3/h11-13,15H,4-10H2,1-3H3,(H,19,21)/t15-/m1/s1. The maximum atomic E-state index is 12.6. The van der Waals surface area contributed by atoms with E-state index in [4.69, 9.17) is 9.47 Å². The normalized spacial score (nSPS) is 18.3. The smallest absolute Gasteiger partial charge is 0.251 e. The average Bonchev–Trinajstić information content (AvgIpc) is 2.67. The van der Waals surface area contributed by atoms with E-state index in [1.54, 1.807) is 22.5 Å². The molecule has 146 valence electrons. The first-order valence-electron chi connectivity index (χ1n) is 8.92. The van der Waals surface area contributed by atoms with Crippen molar-refractivity contribution in [3.8, 4) is 11.5 Å². The predicted molar refractivity (Wildman–Crippen MR) is 100 cm³/mol. The van der Waals surface area contributed by atoms with Gasteiger partial charge in [-0.15, -0.1) is 0 Å². The molecule has 26 heavy (non-hydrogen) atoms. The molecule has 0 radical (unpaired) electrons. The van der Waals surface area contributed by atoms with Crippen molar-refractivity contribution < 1.29 is 22.7 Å². The van der Waals surface area contributed by atoms with E-state index in [0.717, 1.165) is 25.7 Å². The van der Waals surface area contributed by atoms with Crippen molar-refractivity contribution >= 4 is 15.9 Å². The second-order valence-corrected chi connectivity index (χ2v) is 8.38. The van der Waals surface area contributed by atoms with E-state index in [1.807, 2.05) is 6.92 Å². The number of hydrogen-bond donors (Lipinski definition) is 1. The van der Waals surface area contributed by atoms with Crippen molar-refractivity contribution in [2.45, 2.75) is 38.6 Å². The summed E-state index contributed by atoms with van der Waals surface area (Å²) in [4.78, 5) is 12.3. The molecule has 1 heterocycles. The first kappa shape index (κ1) is 20.5. The number of piperidine rings is 1. The van der Waals surface area contributed by atoms with Crippen LogP contribution in [0.4, 0.5) is 0 Å². The lowest BCUT2D eigenvalue weighted by molar-refractivity contribution is 0.0955. The fourth-order valence-electron chi connectivity index (χ4n) is 3.20. The van der Waals surface area contributed by atoms with Crippen LogP contribution in [0.3, 0.4) is 0 Å². The molecule has 1 aliphatic heterocycles. The number of carbonyl (C=O) groups excluding carboxylic acids is 1. The Kier molecular flexibility index (Phi) is 7.28. The van der Waals surface area contributed by atoms with E-state index < -0.39 is 10.0 Å². The summed E-state index contributed by atoms with van der Waals surface area (Å²) in [5.74, 6) is 0.543. The van der Waals surface area contributed by atoms with Crippen LogP contribution in [0, 0.1) is 0 Å². The molecular formula is C18H28N2O5S. The molecule has 0 unspecified atom stereocenters. The molecule has 0 saturated carbocycles. The number of ether oxygens (including phenoxy) is 2. The summed E-state index contributed by atoms with van der Waals surface area (Å²) < 4.78 is 37.1. The lowest BCUT2D eigenvalue weighted by atomic mass is 10.0. The molecule has 0 aliphatic carbocycles. The molecule has 1 amide bonds. The third-order valence-corrected chi connectivity index (χ3v) is 6.58. The highest BCUT2D eigenvalue weighted by Gasteiger charge is 2.30. The molecule has 0 bridgehead atoms. The predicted octanol–water partition coefficient (Wildman–Crippen LogP) is 2.03. The van der Waals surface area contributed by atoms with Crippen molar-refractivity contribution in [1.29, 1.82) is 0 Å². The highest BCUT2D eigenvalue weighted by atomic mass is 32.2. The molecule has 1 aromatic carbocycles. The van der Waals surface area contributed by atoms with Crippen LogP contribution in [0.15, 0.2) is 18.2 Å². The van der Waals surface area contributed by atoms with Gasteiger partial charge in [-0.25, -0.2) is 8.42 Å². The van der Waals surface area contributed by atoms with Gasteiger partial charge in [-0.2, -0.15) is 4.31 Å². The Labute approximate surface area is 155 Å². The topological polar surface area (TPSA) is 84.9 Å². The van der Waals surface area contributed by atoms with Gasteiger partial charge >= 0.3 is 0 Å². The van der Waals surface area contributed by atoms with Crippen LogP contribution < -0.4 is 14.8 Å². The van der Waals surface area contributed by atoms with Gasteiger partial charge in [0.25, 0.3) is 5.91 Å². The first-order valence-corrected chi connectivity index (χ1v) is 10.5. The van der Waals surface area contributed by atoms with Crippen molar-refractivity contribution in [3.05, 3.63) is 23.8 Å². The number of rotatable bonds is 8. The third-order valence-electron chi connectivity index (χ3n) is 4.66. The van der Waals surface area contributed by atoms with E-state index >= 15 is 0 Å². The summed E-state index contributed by atoms with van der Waals surface area (Å²) in [6.45, 7) is 2.64. The van der Waals surface area contributed by atoms with Crippen LogP contribution in [0.2, 0.25) is 0 Å². The number of methoxy groups -OCH3 is 2. The molecule has 1 saturated heterocycles. The Hall–Kier alpha value is -1.80. The minimum absolute atomic E-state index is 0.0631. The number of sulfonamides is 1. The largest absolute Gasteiger partial charge is 0.497 e. The van der Waals surface area contributed by atoms with Gasteiger partial charge in [0.05, 0.1) is 20.0 Å². The zero-order chi connectivity index (χ0) is 19.2. The number of hydrogen-bond acceptors (Lipinski definition) is 5. The molecule has 7 nitrogen and oxygen atoms in total. The third kappa shape index (κ3) is 5.11. The second kappa shape index (κ2) is 9.23. The molecule has 0 spiro atoms. The van der Waals surface area contributed by atoms with E-state index in [0.29, 0.717) is 23.6 Å². The van der Waals surface area contributed by atoms with Gasteiger partial charge in [-0.1, -0.05) is 13.3 Å². The quantitative estimate of drug-likeness (QED) is 0.741. The number of nitrogens with one attached hydrogen (secondary N) is 1.